The Morgan fingerprint density at radius 1 is 0.889 bits per heavy atom. The van der Waals surface area contributed by atoms with Gasteiger partial charge in [0.15, 0.2) is 0 Å². The van der Waals surface area contributed by atoms with Crippen molar-refractivity contribution in [3.05, 3.63) is 84.2 Å². The summed E-state index contributed by atoms with van der Waals surface area (Å²) in [6.07, 6.45) is 1.60. The molecule has 136 valence electrons. The van der Waals surface area contributed by atoms with Crippen LogP contribution in [0.25, 0.3) is 0 Å². The van der Waals surface area contributed by atoms with Gasteiger partial charge in [-0.1, -0.05) is 36.4 Å². The molecule has 2 amide bonds. The number of amides is 2. The summed E-state index contributed by atoms with van der Waals surface area (Å²) in [6, 6.07) is 20.5. The number of hydrogen-bond donors (Lipinski definition) is 3. The van der Waals surface area contributed by atoms with E-state index < -0.39 is 0 Å². The molecule has 0 aliphatic rings. The van der Waals surface area contributed by atoms with Crippen LogP contribution in [0.3, 0.4) is 0 Å². The third-order valence-electron chi connectivity index (χ3n) is 3.76. The molecule has 2 aromatic carbocycles. The molecule has 6 nitrogen and oxygen atoms in total. The van der Waals surface area contributed by atoms with Gasteiger partial charge in [0.2, 0.25) is 5.91 Å². The van der Waals surface area contributed by atoms with Crippen LogP contribution in [0.5, 0.6) is 0 Å². The topological polar surface area (TPSA) is 83.1 Å². The Balaban J connectivity index is 1.60. The first-order valence-electron chi connectivity index (χ1n) is 8.53. The molecule has 0 spiro atoms. The largest absolute Gasteiger partial charge is 0.354 e. The summed E-state index contributed by atoms with van der Waals surface area (Å²) in [4.78, 5) is 27.6. The van der Waals surface area contributed by atoms with Crippen molar-refractivity contribution >= 4 is 28.9 Å². The van der Waals surface area contributed by atoms with E-state index in [2.05, 4.69) is 20.9 Å². The lowest BCUT2D eigenvalue weighted by Crippen LogP contribution is -2.23. The monoisotopic (exact) mass is 360 g/mol. The number of carbonyl (C=O) groups is 2. The molecule has 1 aromatic heterocycles. The highest BCUT2D eigenvalue weighted by Crippen LogP contribution is 2.19. The maximum absolute atomic E-state index is 12.2. The molecule has 0 aliphatic heterocycles. The van der Waals surface area contributed by atoms with Gasteiger partial charge in [-0.25, -0.2) is 4.98 Å². The van der Waals surface area contributed by atoms with Gasteiger partial charge in [0, 0.05) is 24.8 Å². The van der Waals surface area contributed by atoms with Crippen LogP contribution < -0.4 is 16.0 Å². The minimum atomic E-state index is -0.224. The first-order chi connectivity index (χ1) is 13.1. The number of nitrogens with zero attached hydrogens (tertiary/aromatic N) is 1. The van der Waals surface area contributed by atoms with E-state index in [-0.39, 0.29) is 11.8 Å². The van der Waals surface area contributed by atoms with Crippen LogP contribution >= 0.6 is 0 Å². The van der Waals surface area contributed by atoms with Crippen LogP contribution in [0.1, 0.15) is 23.0 Å². The molecule has 3 N–H and O–H groups in total. The quantitative estimate of drug-likeness (QED) is 0.626. The van der Waals surface area contributed by atoms with Gasteiger partial charge in [-0.05, 0) is 35.9 Å². The van der Waals surface area contributed by atoms with Crippen LogP contribution in [0.15, 0.2) is 72.9 Å². The highest BCUT2D eigenvalue weighted by molar-refractivity contribution is 5.92. The Bertz CT molecular complexity index is 924. The first-order valence-corrected chi connectivity index (χ1v) is 8.53. The number of aromatic nitrogens is 1. The predicted molar refractivity (Wildman–Crippen MR) is 106 cm³/mol. The van der Waals surface area contributed by atoms with Crippen LogP contribution in [0.4, 0.5) is 17.1 Å². The Hall–Kier alpha value is -3.67. The third kappa shape index (κ3) is 5.40. The molecular formula is C21H20N4O2. The average molecular weight is 360 g/mol. The van der Waals surface area contributed by atoms with Crippen molar-refractivity contribution in [1.82, 2.24) is 10.3 Å². The summed E-state index contributed by atoms with van der Waals surface area (Å²) in [5.74, 6) is -0.349. The van der Waals surface area contributed by atoms with Crippen LogP contribution in [0, 0.1) is 0 Å². The number of nitrogens with one attached hydrogen (secondary N) is 3. The van der Waals surface area contributed by atoms with E-state index in [1.165, 1.54) is 6.92 Å². The maximum atomic E-state index is 12.2. The van der Waals surface area contributed by atoms with E-state index >= 15 is 0 Å². The minimum absolute atomic E-state index is 0.125. The van der Waals surface area contributed by atoms with Crippen LogP contribution in [-0.4, -0.2) is 16.8 Å². The molecule has 0 saturated carbocycles. The van der Waals surface area contributed by atoms with Gasteiger partial charge in [0.05, 0.1) is 11.9 Å². The fraction of sp³-hybridized carbons (Fsp3) is 0.0952. The molecule has 0 aliphatic carbocycles. The second kappa shape index (κ2) is 8.62. The van der Waals surface area contributed by atoms with Gasteiger partial charge in [-0.2, -0.15) is 0 Å². The lowest BCUT2D eigenvalue weighted by atomic mass is 10.2. The molecular weight excluding hydrogens is 340 g/mol. The van der Waals surface area contributed by atoms with Crippen molar-refractivity contribution < 1.29 is 9.59 Å². The van der Waals surface area contributed by atoms with E-state index in [1.54, 1.807) is 18.3 Å². The van der Waals surface area contributed by atoms with Gasteiger partial charge in [-0.3, -0.25) is 9.59 Å². The van der Waals surface area contributed by atoms with Gasteiger partial charge in [0.25, 0.3) is 5.91 Å². The highest BCUT2D eigenvalue weighted by atomic mass is 16.2. The highest BCUT2D eigenvalue weighted by Gasteiger charge is 2.07. The van der Waals surface area contributed by atoms with Crippen LogP contribution in [0.2, 0.25) is 0 Å². The van der Waals surface area contributed by atoms with Crippen molar-refractivity contribution in [3.63, 3.8) is 0 Å². The Kier molecular flexibility index (Phi) is 5.79. The fourth-order valence-corrected chi connectivity index (χ4v) is 2.52. The second-order valence-electron chi connectivity index (χ2n) is 5.99. The molecule has 0 saturated heterocycles. The number of hydrogen-bond acceptors (Lipinski definition) is 4. The molecule has 0 fully saturated rings. The zero-order chi connectivity index (χ0) is 19.1. The van der Waals surface area contributed by atoms with Crippen molar-refractivity contribution in [2.45, 2.75) is 13.5 Å². The van der Waals surface area contributed by atoms with Crippen molar-refractivity contribution in [3.8, 4) is 0 Å². The molecule has 3 aromatic rings. The zero-order valence-corrected chi connectivity index (χ0v) is 14.9. The van der Waals surface area contributed by atoms with Gasteiger partial charge >= 0.3 is 0 Å². The lowest BCUT2D eigenvalue weighted by Gasteiger charge is -2.09. The summed E-state index contributed by atoms with van der Waals surface area (Å²) in [6.45, 7) is 1.92. The normalized spacial score (nSPS) is 10.1. The second-order valence-corrected chi connectivity index (χ2v) is 5.99. The Labute approximate surface area is 157 Å². The van der Waals surface area contributed by atoms with E-state index in [0.717, 1.165) is 16.9 Å². The molecule has 3 rings (SSSR count). The van der Waals surface area contributed by atoms with Gasteiger partial charge < -0.3 is 16.0 Å². The Morgan fingerprint density at radius 2 is 1.67 bits per heavy atom. The summed E-state index contributed by atoms with van der Waals surface area (Å²) >= 11 is 0. The van der Waals surface area contributed by atoms with Crippen molar-refractivity contribution in [2.75, 3.05) is 10.6 Å². The smallest absolute Gasteiger partial charge is 0.270 e. The summed E-state index contributed by atoms with van der Waals surface area (Å²) in [5.41, 5.74) is 3.64. The van der Waals surface area contributed by atoms with E-state index in [9.17, 15) is 9.59 Å². The number of rotatable bonds is 6. The van der Waals surface area contributed by atoms with Crippen LogP contribution in [-0.2, 0) is 11.3 Å². The maximum Gasteiger partial charge on any atom is 0.270 e. The average Bonchev–Trinajstić information content (AvgIpc) is 2.67. The Morgan fingerprint density at radius 3 is 2.37 bits per heavy atom. The number of anilines is 3. The van der Waals surface area contributed by atoms with Gasteiger partial charge in [-0.15, -0.1) is 0 Å². The van der Waals surface area contributed by atoms with E-state index in [4.69, 9.17) is 0 Å². The van der Waals surface area contributed by atoms with Crippen molar-refractivity contribution in [2.24, 2.45) is 0 Å². The lowest BCUT2D eigenvalue weighted by molar-refractivity contribution is -0.114. The predicted octanol–water partition coefficient (Wildman–Crippen LogP) is 3.71. The van der Waals surface area contributed by atoms with Gasteiger partial charge in [0.1, 0.15) is 5.69 Å². The molecule has 0 radical (unpaired) electrons. The SMILES string of the molecule is CC(=O)Nc1cccc(Nc2ccc(C(=O)NCc3ccccc3)nc2)c1. The summed E-state index contributed by atoms with van der Waals surface area (Å²) < 4.78 is 0. The molecule has 0 unspecified atom stereocenters. The number of pyridine rings is 1. The summed E-state index contributed by atoms with van der Waals surface area (Å²) in [7, 11) is 0. The van der Waals surface area contributed by atoms with E-state index in [0.29, 0.717) is 17.9 Å². The zero-order valence-electron chi connectivity index (χ0n) is 14.9. The number of benzene rings is 2. The fourth-order valence-electron chi connectivity index (χ4n) is 2.52. The molecule has 27 heavy (non-hydrogen) atoms. The molecule has 0 bridgehead atoms. The van der Waals surface area contributed by atoms with E-state index in [1.807, 2.05) is 54.6 Å². The molecule has 1 heterocycles. The standard InChI is InChI=1S/C21H20N4O2/c1-15(26)24-17-8-5-9-18(12-17)25-19-10-11-20(22-14-19)21(27)23-13-16-6-3-2-4-7-16/h2-12,14,25H,13H2,1H3,(H,23,27)(H,24,26). The molecule has 6 heteroatoms. The third-order valence-corrected chi connectivity index (χ3v) is 3.76. The van der Waals surface area contributed by atoms with Crippen molar-refractivity contribution in [1.29, 1.82) is 0 Å². The number of carbonyl (C=O) groups excluding carboxylic acids is 2. The minimum Gasteiger partial charge on any atom is -0.354 e. The first kappa shape index (κ1) is 18.1. The summed E-state index contributed by atoms with van der Waals surface area (Å²) in [5, 5.41) is 8.78. The molecule has 0 atom stereocenters.